The molecule has 1 aromatic rings. The van der Waals surface area contributed by atoms with E-state index < -0.39 is 5.60 Å². The molecule has 0 bridgehead atoms. The number of hydrogen-bond donors (Lipinski definition) is 0. The molecular formula is C15H19NO7. The number of benzene rings is 1. The average Bonchev–Trinajstić information content (AvgIpc) is 2.59. The molecule has 1 heterocycles. The maximum Gasteiger partial charge on any atom is 0.293 e. The van der Waals surface area contributed by atoms with E-state index in [2.05, 4.69) is 0 Å². The Labute approximate surface area is 133 Å². The number of carbonyl (C=O) groups is 2. The molecule has 0 aromatic heterocycles. The van der Waals surface area contributed by atoms with Crippen LogP contribution in [-0.4, -0.2) is 59.6 Å². The maximum atomic E-state index is 12.5. The van der Waals surface area contributed by atoms with Crippen LogP contribution in [0.5, 0.6) is 17.2 Å². The van der Waals surface area contributed by atoms with Crippen molar-refractivity contribution in [1.82, 2.24) is 0 Å². The predicted octanol–water partition coefficient (Wildman–Crippen LogP) is 0.617. The van der Waals surface area contributed by atoms with Gasteiger partial charge in [0.25, 0.3) is 12.4 Å². The van der Waals surface area contributed by atoms with Gasteiger partial charge in [0.15, 0.2) is 17.1 Å². The fraction of sp³-hybridized carbons (Fsp3) is 0.467. The Hall–Kier alpha value is -2.48. The first-order chi connectivity index (χ1) is 11.1. The highest BCUT2D eigenvalue weighted by atomic mass is 16.6. The topological polar surface area (TPSA) is 83.5 Å². The minimum absolute atomic E-state index is 0.132. The van der Waals surface area contributed by atoms with Gasteiger partial charge in [0.05, 0.1) is 33.6 Å². The van der Waals surface area contributed by atoms with Crippen molar-refractivity contribution in [1.29, 1.82) is 0 Å². The molecule has 0 saturated carbocycles. The van der Waals surface area contributed by atoms with Gasteiger partial charge < -0.3 is 28.6 Å². The van der Waals surface area contributed by atoms with Crippen molar-refractivity contribution in [2.45, 2.75) is 5.60 Å². The zero-order valence-electron chi connectivity index (χ0n) is 13.5. The van der Waals surface area contributed by atoms with E-state index in [1.807, 2.05) is 0 Å². The number of β-lactam (4-membered cyclic amide) rings is 1. The van der Waals surface area contributed by atoms with Crippen molar-refractivity contribution < 1.29 is 33.3 Å². The zero-order valence-corrected chi connectivity index (χ0v) is 13.5. The van der Waals surface area contributed by atoms with Crippen molar-refractivity contribution >= 4 is 18.1 Å². The summed E-state index contributed by atoms with van der Waals surface area (Å²) in [6, 6.07) is 3.33. The summed E-state index contributed by atoms with van der Waals surface area (Å²) in [6.45, 7) is 0.401. The van der Waals surface area contributed by atoms with Gasteiger partial charge in [-0.1, -0.05) is 0 Å². The summed E-state index contributed by atoms with van der Waals surface area (Å²) in [6.07, 6.45) is 0. The standard InChI is InChI=1S/C15H19NO7/c1-19-11-5-10(6-12(20-2)13(11)21-3)16-7-15(22-4,14(16)18)8-23-9-17/h5-6,9H,7-8H2,1-4H3/t15-/m1/s1. The second-order valence-corrected chi connectivity index (χ2v) is 4.88. The summed E-state index contributed by atoms with van der Waals surface area (Å²) in [4.78, 5) is 24.3. The summed E-state index contributed by atoms with van der Waals surface area (Å²) in [5, 5.41) is 0. The smallest absolute Gasteiger partial charge is 0.293 e. The van der Waals surface area contributed by atoms with E-state index in [4.69, 9.17) is 23.7 Å². The van der Waals surface area contributed by atoms with Crippen LogP contribution in [0.25, 0.3) is 0 Å². The van der Waals surface area contributed by atoms with Crippen molar-refractivity contribution in [2.75, 3.05) is 46.5 Å². The first kappa shape index (κ1) is 16.9. The lowest BCUT2D eigenvalue weighted by molar-refractivity contribution is -0.162. The van der Waals surface area contributed by atoms with Crippen LogP contribution in [0.4, 0.5) is 5.69 Å². The molecule has 1 aromatic carbocycles. The molecule has 8 heteroatoms. The maximum absolute atomic E-state index is 12.5. The Balaban J connectivity index is 2.30. The Morgan fingerprint density at radius 1 is 1.13 bits per heavy atom. The fourth-order valence-corrected chi connectivity index (χ4v) is 2.47. The van der Waals surface area contributed by atoms with Crippen LogP contribution < -0.4 is 19.1 Å². The highest BCUT2D eigenvalue weighted by Crippen LogP contribution is 2.43. The quantitative estimate of drug-likeness (QED) is 0.512. The number of rotatable bonds is 8. The minimum atomic E-state index is -1.15. The highest BCUT2D eigenvalue weighted by molar-refractivity contribution is 6.07. The van der Waals surface area contributed by atoms with Gasteiger partial charge in [-0.2, -0.15) is 0 Å². The molecule has 0 aliphatic carbocycles. The summed E-state index contributed by atoms with van der Waals surface area (Å²) in [5.41, 5.74) is -0.579. The number of ether oxygens (including phenoxy) is 5. The molecule has 0 spiro atoms. The molecule has 1 fully saturated rings. The van der Waals surface area contributed by atoms with Crippen molar-refractivity contribution in [3.63, 3.8) is 0 Å². The molecule has 2 rings (SSSR count). The van der Waals surface area contributed by atoms with E-state index in [-0.39, 0.29) is 25.5 Å². The molecule has 1 saturated heterocycles. The van der Waals surface area contributed by atoms with Gasteiger partial charge in [-0.25, -0.2) is 0 Å². The molecule has 23 heavy (non-hydrogen) atoms. The third-order valence-corrected chi connectivity index (χ3v) is 3.78. The molecule has 0 radical (unpaired) electrons. The lowest BCUT2D eigenvalue weighted by atomic mass is 9.92. The second kappa shape index (κ2) is 6.74. The number of hydrogen-bond acceptors (Lipinski definition) is 7. The summed E-state index contributed by atoms with van der Waals surface area (Å²) in [7, 11) is 5.90. The van der Waals surface area contributed by atoms with Crippen molar-refractivity contribution in [3.05, 3.63) is 12.1 Å². The summed E-state index contributed by atoms with van der Waals surface area (Å²) >= 11 is 0. The Morgan fingerprint density at radius 2 is 1.74 bits per heavy atom. The largest absolute Gasteiger partial charge is 0.493 e. The molecule has 8 nitrogen and oxygen atoms in total. The second-order valence-electron chi connectivity index (χ2n) is 4.88. The van der Waals surface area contributed by atoms with Crippen LogP contribution in [0.2, 0.25) is 0 Å². The zero-order chi connectivity index (χ0) is 17.0. The van der Waals surface area contributed by atoms with Crippen LogP contribution in [0.3, 0.4) is 0 Å². The van der Waals surface area contributed by atoms with E-state index >= 15 is 0 Å². The van der Waals surface area contributed by atoms with Gasteiger partial charge in [0.1, 0.15) is 6.61 Å². The first-order valence-corrected chi connectivity index (χ1v) is 6.79. The van der Waals surface area contributed by atoms with Crippen LogP contribution in [0.1, 0.15) is 0 Å². The Kier molecular flexibility index (Phi) is 4.95. The monoisotopic (exact) mass is 325 g/mol. The van der Waals surface area contributed by atoms with Gasteiger partial charge in [-0.15, -0.1) is 0 Å². The molecule has 1 aliphatic rings. The summed E-state index contributed by atoms with van der Waals surface area (Å²) in [5.74, 6) is 1.01. The minimum Gasteiger partial charge on any atom is -0.493 e. The molecular weight excluding hydrogens is 306 g/mol. The number of anilines is 1. The first-order valence-electron chi connectivity index (χ1n) is 6.79. The Morgan fingerprint density at radius 3 is 2.13 bits per heavy atom. The third kappa shape index (κ3) is 2.77. The average molecular weight is 325 g/mol. The van der Waals surface area contributed by atoms with Crippen molar-refractivity contribution in [3.8, 4) is 17.2 Å². The van der Waals surface area contributed by atoms with Crippen LogP contribution >= 0.6 is 0 Å². The molecule has 1 atom stereocenters. The summed E-state index contributed by atoms with van der Waals surface area (Å²) < 4.78 is 25.7. The third-order valence-electron chi connectivity index (χ3n) is 3.78. The number of nitrogens with zero attached hydrogens (tertiary/aromatic N) is 1. The molecule has 126 valence electrons. The van der Waals surface area contributed by atoms with Crippen LogP contribution in [-0.2, 0) is 19.1 Å². The van der Waals surface area contributed by atoms with E-state index in [9.17, 15) is 9.59 Å². The normalized spacial score (nSPS) is 19.8. The number of carbonyl (C=O) groups excluding carboxylic acids is 2. The van der Waals surface area contributed by atoms with Gasteiger partial charge in [0.2, 0.25) is 5.75 Å². The highest BCUT2D eigenvalue weighted by Gasteiger charge is 2.54. The Bertz CT molecular complexity index is 578. The molecule has 0 N–H and O–H groups in total. The molecule has 1 amide bonds. The lowest BCUT2D eigenvalue weighted by Crippen LogP contribution is -2.70. The van der Waals surface area contributed by atoms with E-state index in [1.54, 1.807) is 12.1 Å². The van der Waals surface area contributed by atoms with Crippen LogP contribution in [0, 0.1) is 0 Å². The van der Waals surface area contributed by atoms with Crippen molar-refractivity contribution in [2.24, 2.45) is 0 Å². The van der Waals surface area contributed by atoms with E-state index in [1.165, 1.54) is 33.3 Å². The van der Waals surface area contributed by atoms with E-state index in [0.717, 1.165) is 0 Å². The van der Waals surface area contributed by atoms with E-state index in [0.29, 0.717) is 22.9 Å². The lowest BCUT2D eigenvalue weighted by Gasteiger charge is -2.46. The van der Waals surface area contributed by atoms with Gasteiger partial charge in [-0.05, 0) is 0 Å². The molecule has 1 aliphatic heterocycles. The van der Waals surface area contributed by atoms with Gasteiger partial charge >= 0.3 is 0 Å². The van der Waals surface area contributed by atoms with Crippen LogP contribution in [0.15, 0.2) is 12.1 Å². The molecule has 0 unspecified atom stereocenters. The fourth-order valence-electron chi connectivity index (χ4n) is 2.47. The van der Waals surface area contributed by atoms with Gasteiger partial charge in [-0.3, -0.25) is 9.59 Å². The number of amides is 1. The number of methoxy groups -OCH3 is 4. The van der Waals surface area contributed by atoms with Gasteiger partial charge in [0, 0.05) is 19.2 Å². The predicted molar refractivity (Wildman–Crippen MR) is 80.2 cm³/mol. The SMILES string of the molecule is COc1cc(N2C[C@](COC=O)(OC)C2=O)cc(OC)c1OC.